The second-order valence-electron chi connectivity index (χ2n) is 3.65. The third-order valence-corrected chi connectivity index (χ3v) is 3.31. The molecular weight excluding hydrogens is 257 g/mol. The zero-order chi connectivity index (χ0) is 13.1. The van der Waals surface area contributed by atoms with E-state index in [1.54, 1.807) is 6.20 Å². The van der Waals surface area contributed by atoms with Crippen LogP contribution in [0.3, 0.4) is 0 Å². The number of anilines is 1. The summed E-state index contributed by atoms with van der Waals surface area (Å²) in [5.74, 6) is -0.630. The van der Waals surface area contributed by atoms with Gasteiger partial charge in [0.25, 0.3) is 5.69 Å². The van der Waals surface area contributed by atoms with Crippen molar-refractivity contribution in [3.63, 3.8) is 0 Å². The van der Waals surface area contributed by atoms with Crippen LogP contribution in [0.15, 0.2) is 29.8 Å². The predicted octanol–water partition coefficient (Wildman–Crippen LogP) is 3.36. The van der Waals surface area contributed by atoms with Crippen molar-refractivity contribution >= 4 is 22.7 Å². The minimum absolute atomic E-state index is 0.172. The van der Waals surface area contributed by atoms with Crippen LogP contribution in [0.25, 0.3) is 0 Å². The Morgan fingerprint density at radius 2 is 2.33 bits per heavy atom. The van der Waals surface area contributed by atoms with Crippen molar-refractivity contribution in [1.29, 1.82) is 0 Å². The molecule has 0 aliphatic carbocycles. The number of thiazole rings is 1. The number of nitro benzene ring substituents is 1. The summed E-state index contributed by atoms with van der Waals surface area (Å²) >= 11 is 1.45. The Morgan fingerprint density at radius 3 is 2.94 bits per heavy atom. The van der Waals surface area contributed by atoms with Crippen LogP contribution in [0.4, 0.5) is 15.8 Å². The lowest BCUT2D eigenvalue weighted by Gasteiger charge is -2.12. The third-order valence-electron chi connectivity index (χ3n) is 2.35. The maximum atomic E-state index is 13.0. The van der Waals surface area contributed by atoms with Gasteiger partial charge < -0.3 is 5.32 Å². The van der Waals surface area contributed by atoms with Gasteiger partial charge in [-0.3, -0.25) is 10.1 Å². The van der Waals surface area contributed by atoms with Gasteiger partial charge in [0.05, 0.1) is 17.0 Å². The monoisotopic (exact) mass is 267 g/mol. The Labute approximate surface area is 106 Å². The maximum Gasteiger partial charge on any atom is 0.295 e. The lowest BCUT2D eigenvalue weighted by molar-refractivity contribution is -0.384. The van der Waals surface area contributed by atoms with Crippen molar-refractivity contribution in [2.45, 2.75) is 13.0 Å². The summed E-state index contributed by atoms with van der Waals surface area (Å²) in [6, 6.07) is 3.27. The number of hydrogen-bond acceptors (Lipinski definition) is 5. The van der Waals surface area contributed by atoms with Crippen molar-refractivity contribution in [2.75, 3.05) is 5.32 Å². The minimum atomic E-state index is -0.630. The number of rotatable bonds is 4. The predicted molar refractivity (Wildman–Crippen MR) is 67.2 cm³/mol. The Hall–Kier alpha value is -2.02. The van der Waals surface area contributed by atoms with Crippen molar-refractivity contribution in [1.82, 2.24) is 4.98 Å². The first kappa shape index (κ1) is 12.4. The van der Waals surface area contributed by atoms with Crippen LogP contribution in [-0.4, -0.2) is 9.91 Å². The first-order chi connectivity index (χ1) is 8.58. The summed E-state index contributed by atoms with van der Waals surface area (Å²) < 4.78 is 13.0. The zero-order valence-corrected chi connectivity index (χ0v) is 10.3. The Kier molecular flexibility index (Phi) is 3.52. The van der Waals surface area contributed by atoms with E-state index in [2.05, 4.69) is 10.3 Å². The fraction of sp³-hybridized carbons (Fsp3) is 0.182. The van der Waals surface area contributed by atoms with E-state index in [1.165, 1.54) is 23.5 Å². The average molecular weight is 267 g/mol. The number of hydrogen-bond donors (Lipinski definition) is 1. The van der Waals surface area contributed by atoms with Crippen LogP contribution in [0.5, 0.6) is 0 Å². The Bertz CT molecular complexity index is 559. The van der Waals surface area contributed by atoms with E-state index in [0.29, 0.717) is 0 Å². The largest absolute Gasteiger partial charge is 0.371 e. The van der Waals surface area contributed by atoms with Gasteiger partial charge >= 0.3 is 0 Å². The van der Waals surface area contributed by atoms with Gasteiger partial charge in [0.2, 0.25) is 0 Å². The molecule has 1 N–H and O–H groups in total. The van der Waals surface area contributed by atoms with E-state index in [9.17, 15) is 14.5 Å². The molecule has 0 radical (unpaired) electrons. The van der Waals surface area contributed by atoms with Gasteiger partial charge in [0.15, 0.2) is 0 Å². The van der Waals surface area contributed by atoms with Crippen LogP contribution in [-0.2, 0) is 0 Å². The van der Waals surface area contributed by atoms with Gasteiger partial charge in [-0.05, 0) is 19.1 Å². The molecule has 0 aliphatic heterocycles. The Morgan fingerprint density at radius 1 is 1.56 bits per heavy atom. The summed E-state index contributed by atoms with van der Waals surface area (Å²) in [7, 11) is 0. The molecule has 18 heavy (non-hydrogen) atoms. The molecule has 0 amide bonds. The summed E-state index contributed by atoms with van der Waals surface area (Å²) in [6.07, 6.45) is 1.66. The number of nitrogens with one attached hydrogen (secondary N) is 1. The standard InChI is InChI=1S/C11H10FN3O2S/c1-7(11-13-4-5-18-11)14-9-3-2-8(12)6-10(9)15(16)17/h2-7,14H,1H3. The van der Waals surface area contributed by atoms with Gasteiger partial charge in [0.1, 0.15) is 16.5 Å². The molecule has 2 rings (SSSR count). The average Bonchev–Trinajstić information content (AvgIpc) is 2.84. The molecule has 0 saturated heterocycles. The van der Waals surface area contributed by atoms with Gasteiger partial charge in [-0.15, -0.1) is 11.3 Å². The van der Waals surface area contributed by atoms with Crippen molar-refractivity contribution in [3.8, 4) is 0 Å². The SMILES string of the molecule is CC(Nc1ccc(F)cc1[N+](=O)[O-])c1nccs1. The van der Waals surface area contributed by atoms with Crippen LogP contribution in [0.1, 0.15) is 18.0 Å². The van der Waals surface area contributed by atoms with Crippen LogP contribution in [0, 0.1) is 15.9 Å². The Balaban J connectivity index is 2.26. The van der Waals surface area contributed by atoms with Crippen LogP contribution in [0.2, 0.25) is 0 Å². The lowest BCUT2D eigenvalue weighted by atomic mass is 10.2. The van der Waals surface area contributed by atoms with Gasteiger partial charge in [0, 0.05) is 11.6 Å². The van der Waals surface area contributed by atoms with E-state index in [0.717, 1.165) is 11.1 Å². The van der Waals surface area contributed by atoms with Gasteiger partial charge in [-0.25, -0.2) is 9.37 Å². The topological polar surface area (TPSA) is 68.1 Å². The molecule has 0 saturated carbocycles. The highest BCUT2D eigenvalue weighted by Gasteiger charge is 2.17. The van der Waals surface area contributed by atoms with E-state index >= 15 is 0 Å². The van der Waals surface area contributed by atoms with E-state index in [-0.39, 0.29) is 17.4 Å². The molecule has 1 unspecified atom stereocenters. The fourth-order valence-corrected chi connectivity index (χ4v) is 2.17. The number of nitrogens with zero attached hydrogens (tertiary/aromatic N) is 2. The summed E-state index contributed by atoms with van der Waals surface area (Å²) in [4.78, 5) is 14.3. The van der Waals surface area contributed by atoms with E-state index in [1.807, 2.05) is 12.3 Å². The second-order valence-corrected chi connectivity index (χ2v) is 4.58. The molecule has 0 fully saturated rings. The molecule has 2 aromatic rings. The van der Waals surface area contributed by atoms with Crippen molar-refractivity contribution in [3.05, 3.63) is 50.7 Å². The van der Waals surface area contributed by atoms with E-state index < -0.39 is 10.7 Å². The molecular formula is C11H10FN3O2S. The van der Waals surface area contributed by atoms with Crippen molar-refractivity contribution in [2.24, 2.45) is 0 Å². The number of aromatic nitrogens is 1. The molecule has 0 aliphatic rings. The normalized spacial score (nSPS) is 12.1. The summed E-state index contributed by atoms with van der Waals surface area (Å²) in [5.41, 5.74) is 0.00232. The number of benzene rings is 1. The third kappa shape index (κ3) is 2.62. The highest BCUT2D eigenvalue weighted by atomic mass is 32.1. The minimum Gasteiger partial charge on any atom is -0.371 e. The molecule has 1 aromatic carbocycles. The maximum absolute atomic E-state index is 13.0. The molecule has 7 heteroatoms. The molecule has 1 atom stereocenters. The van der Waals surface area contributed by atoms with E-state index in [4.69, 9.17) is 0 Å². The van der Waals surface area contributed by atoms with Gasteiger partial charge in [-0.2, -0.15) is 0 Å². The number of nitro groups is 1. The zero-order valence-electron chi connectivity index (χ0n) is 9.46. The quantitative estimate of drug-likeness (QED) is 0.681. The lowest BCUT2D eigenvalue weighted by Crippen LogP contribution is -2.08. The van der Waals surface area contributed by atoms with Crippen molar-refractivity contribution < 1.29 is 9.31 Å². The number of halogens is 1. The molecule has 1 aromatic heterocycles. The molecule has 5 nitrogen and oxygen atoms in total. The first-order valence-corrected chi connectivity index (χ1v) is 6.06. The first-order valence-electron chi connectivity index (χ1n) is 5.18. The summed E-state index contributed by atoms with van der Waals surface area (Å²) in [5, 5.41) is 16.4. The second kappa shape index (κ2) is 5.09. The highest BCUT2D eigenvalue weighted by Crippen LogP contribution is 2.29. The molecule has 0 bridgehead atoms. The fourth-order valence-electron chi connectivity index (χ4n) is 1.52. The highest BCUT2D eigenvalue weighted by molar-refractivity contribution is 7.09. The smallest absolute Gasteiger partial charge is 0.295 e. The van der Waals surface area contributed by atoms with Gasteiger partial charge in [-0.1, -0.05) is 0 Å². The molecule has 1 heterocycles. The summed E-state index contributed by atoms with van der Waals surface area (Å²) in [6.45, 7) is 1.84. The van der Waals surface area contributed by atoms with Crippen LogP contribution >= 0.6 is 11.3 Å². The molecule has 0 spiro atoms. The molecule has 94 valence electrons. The van der Waals surface area contributed by atoms with Crippen LogP contribution < -0.4 is 5.32 Å².